The summed E-state index contributed by atoms with van der Waals surface area (Å²) in [6, 6.07) is 12.0. The third kappa shape index (κ3) is 2.13. The first-order valence-corrected chi connectivity index (χ1v) is 6.71. The first kappa shape index (κ1) is 12.7. The molecule has 1 saturated heterocycles. The number of rotatable bonds is 3. The van der Waals surface area contributed by atoms with E-state index in [1.54, 1.807) is 9.58 Å². The average molecular weight is 267 g/mol. The van der Waals surface area contributed by atoms with E-state index in [2.05, 4.69) is 11.7 Å². The fraction of sp³-hybridized carbons (Fsp3) is 0.250. The number of carbonyl (C=O) groups excluding carboxylic acids is 1. The molecule has 0 spiro atoms. The van der Waals surface area contributed by atoms with Crippen molar-refractivity contribution in [3.05, 3.63) is 49.1 Å². The molecular formula is C16H17N3O. The van der Waals surface area contributed by atoms with Gasteiger partial charge in [-0.15, -0.1) is 6.58 Å². The van der Waals surface area contributed by atoms with Gasteiger partial charge in [0.15, 0.2) is 0 Å². The van der Waals surface area contributed by atoms with Gasteiger partial charge in [-0.3, -0.25) is 14.4 Å². The van der Waals surface area contributed by atoms with Crippen LogP contribution in [0.2, 0.25) is 0 Å². The summed E-state index contributed by atoms with van der Waals surface area (Å²) in [6.07, 6.45) is 2.39. The lowest BCUT2D eigenvalue weighted by Crippen LogP contribution is -2.26. The van der Waals surface area contributed by atoms with Crippen molar-refractivity contribution >= 4 is 11.7 Å². The predicted molar refractivity (Wildman–Crippen MR) is 79.3 cm³/mol. The number of anilines is 1. The average Bonchev–Trinajstić information content (AvgIpc) is 3.02. The maximum Gasteiger partial charge on any atom is 0.228 e. The Morgan fingerprint density at radius 2 is 2.10 bits per heavy atom. The molecule has 1 atom stereocenters. The van der Waals surface area contributed by atoms with Crippen LogP contribution >= 0.6 is 0 Å². The maximum atomic E-state index is 12.1. The molecule has 2 aromatic rings. The second kappa shape index (κ2) is 4.96. The van der Waals surface area contributed by atoms with Crippen molar-refractivity contribution in [1.29, 1.82) is 0 Å². The van der Waals surface area contributed by atoms with Crippen molar-refractivity contribution < 1.29 is 4.79 Å². The molecule has 20 heavy (non-hydrogen) atoms. The molecule has 1 amide bonds. The van der Waals surface area contributed by atoms with Crippen molar-refractivity contribution in [2.24, 2.45) is 13.0 Å². The van der Waals surface area contributed by atoms with Gasteiger partial charge in [0.1, 0.15) is 5.82 Å². The van der Waals surface area contributed by atoms with Gasteiger partial charge in [0.05, 0.1) is 5.69 Å². The zero-order chi connectivity index (χ0) is 14.1. The molecule has 3 rings (SSSR count). The van der Waals surface area contributed by atoms with E-state index in [0.717, 1.165) is 17.1 Å². The minimum Gasteiger partial charge on any atom is -0.296 e. The SMILES string of the molecule is C=CC1CC(=O)N(c2cc(-c3ccccc3)nn2C)C1. The number of aryl methyl sites for hydroxylation is 1. The number of aromatic nitrogens is 2. The molecule has 1 fully saturated rings. The van der Waals surface area contributed by atoms with Crippen LogP contribution in [0, 0.1) is 5.92 Å². The van der Waals surface area contributed by atoms with E-state index in [1.165, 1.54) is 0 Å². The second-order valence-corrected chi connectivity index (χ2v) is 5.08. The van der Waals surface area contributed by atoms with Crippen LogP contribution in [0.4, 0.5) is 5.82 Å². The fourth-order valence-corrected chi connectivity index (χ4v) is 2.57. The molecule has 4 nitrogen and oxygen atoms in total. The van der Waals surface area contributed by atoms with Crippen molar-refractivity contribution in [3.8, 4) is 11.3 Å². The number of amides is 1. The Hall–Kier alpha value is -2.36. The lowest BCUT2D eigenvalue weighted by Gasteiger charge is -2.15. The van der Waals surface area contributed by atoms with E-state index in [0.29, 0.717) is 13.0 Å². The van der Waals surface area contributed by atoms with Gasteiger partial charge in [-0.25, -0.2) is 0 Å². The van der Waals surface area contributed by atoms with Crippen LogP contribution in [-0.4, -0.2) is 22.2 Å². The highest BCUT2D eigenvalue weighted by atomic mass is 16.2. The van der Waals surface area contributed by atoms with Gasteiger partial charge in [0.25, 0.3) is 0 Å². The molecule has 0 aliphatic carbocycles. The van der Waals surface area contributed by atoms with Crippen molar-refractivity contribution in [1.82, 2.24) is 9.78 Å². The Kier molecular flexibility index (Phi) is 3.14. The summed E-state index contributed by atoms with van der Waals surface area (Å²) < 4.78 is 1.77. The van der Waals surface area contributed by atoms with Crippen LogP contribution in [0.25, 0.3) is 11.3 Å². The van der Waals surface area contributed by atoms with Crippen LogP contribution < -0.4 is 4.90 Å². The monoisotopic (exact) mass is 267 g/mol. The minimum atomic E-state index is 0.137. The Labute approximate surface area is 118 Å². The molecule has 1 unspecified atom stereocenters. The molecule has 1 aromatic heterocycles. The second-order valence-electron chi connectivity index (χ2n) is 5.08. The van der Waals surface area contributed by atoms with Gasteiger partial charge in [-0.2, -0.15) is 5.10 Å². The minimum absolute atomic E-state index is 0.137. The van der Waals surface area contributed by atoms with E-state index >= 15 is 0 Å². The van der Waals surface area contributed by atoms with Gasteiger partial charge in [0.2, 0.25) is 5.91 Å². The van der Waals surface area contributed by atoms with Gasteiger partial charge in [0, 0.05) is 37.6 Å². The first-order valence-electron chi connectivity index (χ1n) is 6.71. The van der Waals surface area contributed by atoms with Crippen molar-refractivity contribution in [2.45, 2.75) is 6.42 Å². The summed E-state index contributed by atoms with van der Waals surface area (Å²) >= 11 is 0. The molecule has 1 aliphatic heterocycles. The van der Waals surface area contributed by atoms with E-state index in [-0.39, 0.29) is 11.8 Å². The molecule has 2 heterocycles. The van der Waals surface area contributed by atoms with Crippen LogP contribution in [0.5, 0.6) is 0 Å². The molecule has 102 valence electrons. The van der Waals surface area contributed by atoms with E-state index in [4.69, 9.17) is 0 Å². The Morgan fingerprint density at radius 1 is 1.35 bits per heavy atom. The summed E-state index contributed by atoms with van der Waals surface area (Å²) in [5.74, 6) is 1.22. The summed E-state index contributed by atoms with van der Waals surface area (Å²) in [6.45, 7) is 4.47. The largest absolute Gasteiger partial charge is 0.296 e. The van der Waals surface area contributed by atoms with Crippen LogP contribution in [0.3, 0.4) is 0 Å². The van der Waals surface area contributed by atoms with Crippen LogP contribution in [-0.2, 0) is 11.8 Å². The Bertz CT molecular complexity index is 645. The molecule has 0 radical (unpaired) electrons. The van der Waals surface area contributed by atoms with Gasteiger partial charge >= 0.3 is 0 Å². The zero-order valence-electron chi connectivity index (χ0n) is 11.5. The standard InChI is InChI=1S/C16H17N3O/c1-3-12-9-16(20)19(11-12)15-10-14(17-18(15)2)13-7-5-4-6-8-13/h3-8,10,12H,1,9,11H2,2H3. The highest BCUT2D eigenvalue weighted by molar-refractivity contribution is 5.95. The highest BCUT2D eigenvalue weighted by Crippen LogP contribution is 2.28. The Balaban J connectivity index is 1.94. The summed E-state index contributed by atoms with van der Waals surface area (Å²) in [5, 5.41) is 4.51. The summed E-state index contributed by atoms with van der Waals surface area (Å²) in [7, 11) is 1.87. The molecule has 4 heteroatoms. The van der Waals surface area contributed by atoms with Gasteiger partial charge in [-0.05, 0) is 0 Å². The quantitative estimate of drug-likeness (QED) is 0.802. The van der Waals surface area contributed by atoms with Gasteiger partial charge < -0.3 is 0 Å². The smallest absolute Gasteiger partial charge is 0.228 e. The number of hydrogen-bond acceptors (Lipinski definition) is 2. The Morgan fingerprint density at radius 3 is 2.75 bits per heavy atom. The normalized spacial score (nSPS) is 18.6. The fourth-order valence-electron chi connectivity index (χ4n) is 2.57. The molecule has 0 N–H and O–H groups in total. The molecular weight excluding hydrogens is 250 g/mol. The van der Waals surface area contributed by atoms with Crippen molar-refractivity contribution in [2.75, 3.05) is 11.4 Å². The third-order valence-electron chi connectivity index (χ3n) is 3.69. The molecule has 0 bridgehead atoms. The summed E-state index contributed by atoms with van der Waals surface area (Å²) in [4.78, 5) is 13.9. The predicted octanol–water partition coefficient (Wildman–Crippen LogP) is 2.63. The molecule has 0 saturated carbocycles. The van der Waals surface area contributed by atoms with E-state index in [1.807, 2.05) is 49.5 Å². The molecule has 1 aromatic carbocycles. The lowest BCUT2D eigenvalue weighted by atomic mass is 10.1. The highest BCUT2D eigenvalue weighted by Gasteiger charge is 2.30. The zero-order valence-corrected chi connectivity index (χ0v) is 11.5. The number of benzene rings is 1. The van der Waals surface area contributed by atoms with Crippen LogP contribution in [0.1, 0.15) is 6.42 Å². The van der Waals surface area contributed by atoms with E-state index in [9.17, 15) is 4.79 Å². The van der Waals surface area contributed by atoms with Gasteiger partial charge in [-0.1, -0.05) is 36.4 Å². The number of nitrogens with zero attached hydrogens (tertiary/aromatic N) is 3. The van der Waals surface area contributed by atoms with E-state index < -0.39 is 0 Å². The number of hydrogen-bond donors (Lipinski definition) is 0. The summed E-state index contributed by atoms with van der Waals surface area (Å²) in [5.41, 5.74) is 1.94. The first-order chi connectivity index (χ1) is 9.69. The lowest BCUT2D eigenvalue weighted by molar-refractivity contribution is -0.117. The van der Waals surface area contributed by atoms with Crippen molar-refractivity contribution in [3.63, 3.8) is 0 Å². The maximum absolute atomic E-state index is 12.1. The van der Waals surface area contributed by atoms with Crippen LogP contribution in [0.15, 0.2) is 49.1 Å². The number of carbonyl (C=O) groups is 1. The molecule has 1 aliphatic rings. The third-order valence-corrected chi connectivity index (χ3v) is 3.69. The topological polar surface area (TPSA) is 38.1 Å².